The number of carbonyl (C=O) groups is 2. The Morgan fingerprint density at radius 3 is 2.68 bits per heavy atom. The Balaban J connectivity index is 2.16. The van der Waals surface area contributed by atoms with Gasteiger partial charge in [-0.3, -0.25) is 4.79 Å². The normalized spacial score (nSPS) is 10.4. The van der Waals surface area contributed by atoms with Gasteiger partial charge in [-0.05, 0) is 25.1 Å². The first-order valence-electron chi connectivity index (χ1n) is 6.45. The number of likely N-dealkylation sites (N-methyl/N-ethyl adjacent to an activating group) is 1. The van der Waals surface area contributed by atoms with E-state index in [0.29, 0.717) is 16.4 Å². The van der Waals surface area contributed by atoms with Crippen LogP contribution in [0.25, 0.3) is 5.69 Å². The van der Waals surface area contributed by atoms with Crippen molar-refractivity contribution < 1.29 is 14.3 Å². The summed E-state index contributed by atoms with van der Waals surface area (Å²) in [6.45, 7) is 1.30. The summed E-state index contributed by atoms with van der Waals surface area (Å²) in [5.41, 5.74) is 1.09. The Morgan fingerprint density at radius 2 is 2.05 bits per heavy atom. The van der Waals surface area contributed by atoms with Gasteiger partial charge in [-0.1, -0.05) is 17.7 Å². The molecule has 0 spiro atoms. The Kier molecular flexibility index (Phi) is 4.77. The van der Waals surface area contributed by atoms with E-state index >= 15 is 0 Å². The maximum absolute atomic E-state index is 12.0. The summed E-state index contributed by atoms with van der Waals surface area (Å²) >= 11 is 5.92. The predicted molar refractivity (Wildman–Crippen MR) is 80.1 cm³/mol. The number of esters is 1. The summed E-state index contributed by atoms with van der Waals surface area (Å²) in [4.78, 5) is 26.0. The zero-order chi connectivity index (χ0) is 16.3. The molecule has 7 nitrogen and oxygen atoms in total. The molecule has 0 fully saturated rings. The van der Waals surface area contributed by atoms with Crippen molar-refractivity contribution in [3.05, 3.63) is 40.7 Å². The van der Waals surface area contributed by atoms with Crippen molar-refractivity contribution in [1.82, 2.24) is 19.9 Å². The summed E-state index contributed by atoms with van der Waals surface area (Å²) < 4.78 is 4.93. The van der Waals surface area contributed by atoms with E-state index < -0.39 is 5.97 Å². The molecular formula is C14H15ClN4O3. The van der Waals surface area contributed by atoms with Crippen LogP contribution in [0.4, 0.5) is 0 Å². The fraction of sp³-hybridized carbons (Fsp3) is 0.286. The number of hydrogen-bond donors (Lipinski definition) is 0. The van der Waals surface area contributed by atoms with Crippen LogP contribution in [0.1, 0.15) is 16.2 Å². The van der Waals surface area contributed by atoms with Gasteiger partial charge >= 0.3 is 5.97 Å². The molecule has 0 aliphatic carbocycles. The van der Waals surface area contributed by atoms with Gasteiger partial charge in [0.15, 0.2) is 12.3 Å². The van der Waals surface area contributed by atoms with Gasteiger partial charge in [0.05, 0.1) is 11.4 Å². The minimum absolute atomic E-state index is 0.0616. The maximum atomic E-state index is 12.0. The molecule has 0 aliphatic heterocycles. The zero-order valence-electron chi connectivity index (χ0n) is 12.4. The molecule has 116 valence electrons. The molecule has 0 saturated carbocycles. The lowest BCUT2D eigenvalue weighted by atomic mass is 10.3. The van der Waals surface area contributed by atoms with Crippen LogP contribution in [0.2, 0.25) is 5.02 Å². The molecule has 0 atom stereocenters. The third kappa shape index (κ3) is 3.62. The average Bonchev–Trinajstić information content (AvgIpc) is 2.86. The molecule has 0 aliphatic rings. The molecule has 0 saturated heterocycles. The first-order chi connectivity index (χ1) is 10.4. The highest BCUT2D eigenvalue weighted by molar-refractivity contribution is 6.30. The van der Waals surface area contributed by atoms with Crippen LogP contribution < -0.4 is 0 Å². The molecule has 1 amide bonds. The number of hydrogen-bond acceptors (Lipinski definition) is 5. The van der Waals surface area contributed by atoms with Gasteiger partial charge in [0.2, 0.25) is 0 Å². The van der Waals surface area contributed by atoms with E-state index in [4.69, 9.17) is 16.3 Å². The third-order valence-electron chi connectivity index (χ3n) is 2.84. The molecule has 2 rings (SSSR count). The highest BCUT2D eigenvalue weighted by Crippen LogP contribution is 2.14. The molecular weight excluding hydrogens is 308 g/mol. The van der Waals surface area contributed by atoms with Crippen molar-refractivity contribution in [3.63, 3.8) is 0 Å². The van der Waals surface area contributed by atoms with Gasteiger partial charge in [0.1, 0.15) is 0 Å². The number of nitrogens with zero attached hydrogens (tertiary/aromatic N) is 4. The predicted octanol–water partition coefficient (Wildman–Crippen LogP) is 1.47. The Morgan fingerprint density at radius 1 is 1.32 bits per heavy atom. The zero-order valence-corrected chi connectivity index (χ0v) is 13.2. The van der Waals surface area contributed by atoms with E-state index in [-0.39, 0.29) is 18.2 Å². The van der Waals surface area contributed by atoms with E-state index in [9.17, 15) is 9.59 Å². The molecule has 0 N–H and O–H groups in total. The summed E-state index contributed by atoms with van der Waals surface area (Å²) in [5, 5.41) is 8.78. The van der Waals surface area contributed by atoms with Gasteiger partial charge < -0.3 is 9.64 Å². The summed E-state index contributed by atoms with van der Waals surface area (Å²) in [7, 11) is 3.16. The fourth-order valence-corrected chi connectivity index (χ4v) is 1.79. The second-order valence-electron chi connectivity index (χ2n) is 4.77. The lowest BCUT2D eigenvalue weighted by molar-refractivity contribution is -0.131. The van der Waals surface area contributed by atoms with Crippen molar-refractivity contribution in [2.75, 3.05) is 20.7 Å². The molecule has 1 heterocycles. The number of carbonyl (C=O) groups excluding carboxylic acids is 2. The first-order valence-corrected chi connectivity index (χ1v) is 6.83. The molecule has 0 radical (unpaired) electrons. The van der Waals surface area contributed by atoms with Crippen molar-refractivity contribution in [3.8, 4) is 5.69 Å². The van der Waals surface area contributed by atoms with Crippen LogP contribution in [-0.4, -0.2) is 52.5 Å². The number of halogens is 1. The van der Waals surface area contributed by atoms with E-state index in [2.05, 4.69) is 10.2 Å². The second-order valence-corrected chi connectivity index (χ2v) is 5.20. The molecule has 22 heavy (non-hydrogen) atoms. The molecule has 0 unspecified atom stereocenters. The van der Waals surface area contributed by atoms with Crippen LogP contribution in [0.15, 0.2) is 24.3 Å². The van der Waals surface area contributed by atoms with Crippen molar-refractivity contribution in [2.45, 2.75) is 6.92 Å². The first kappa shape index (κ1) is 16.0. The van der Waals surface area contributed by atoms with Gasteiger partial charge in [-0.25, -0.2) is 4.79 Å². The number of benzene rings is 1. The summed E-state index contributed by atoms with van der Waals surface area (Å²) in [6.07, 6.45) is 0. The van der Waals surface area contributed by atoms with E-state index in [0.717, 1.165) is 0 Å². The molecule has 0 bridgehead atoms. The quantitative estimate of drug-likeness (QED) is 0.797. The smallest absolute Gasteiger partial charge is 0.361 e. The average molecular weight is 323 g/mol. The number of amides is 1. The summed E-state index contributed by atoms with van der Waals surface area (Å²) in [6, 6.07) is 6.91. The lowest BCUT2D eigenvalue weighted by Crippen LogP contribution is -2.27. The largest absolute Gasteiger partial charge is 0.451 e. The topological polar surface area (TPSA) is 77.3 Å². The second kappa shape index (κ2) is 6.57. The number of rotatable bonds is 4. The molecule has 1 aromatic heterocycles. The maximum Gasteiger partial charge on any atom is 0.361 e. The number of aryl methyl sites for hydroxylation is 1. The van der Waals surface area contributed by atoms with Gasteiger partial charge in [0, 0.05) is 19.1 Å². The van der Waals surface area contributed by atoms with Crippen molar-refractivity contribution in [2.24, 2.45) is 0 Å². The van der Waals surface area contributed by atoms with Crippen LogP contribution in [0.5, 0.6) is 0 Å². The highest BCUT2D eigenvalue weighted by Gasteiger charge is 2.19. The molecule has 2 aromatic rings. The van der Waals surface area contributed by atoms with Crippen LogP contribution >= 0.6 is 11.6 Å². The van der Waals surface area contributed by atoms with Crippen LogP contribution in [0, 0.1) is 6.92 Å². The van der Waals surface area contributed by atoms with E-state index in [1.54, 1.807) is 45.3 Å². The fourth-order valence-electron chi connectivity index (χ4n) is 1.61. The van der Waals surface area contributed by atoms with Crippen molar-refractivity contribution in [1.29, 1.82) is 0 Å². The summed E-state index contributed by atoms with van der Waals surface area (Å²) in [5.74, 6) is -1.01. The molecule has 1 aromatic carbocycles. The van der Waals surface area contributed by atoms with Crippen molar-refractivity contribution >= 4 is 23.5 Å². The monoisotopic (exact) mass is 322 g/mol. The Hall–Kier alpha value is -2.41. The van der Waals surface area contributed by atoms with Gasteiger partial charge in [-0.15, -0.1) is 5.10 Å². The third-order valence-corrected chi connectivity index (χ3v) is 3.08. The minimum atomic E-state index is -0.694. The minimum Gasteiger partial charge on any atom is -0.451 e. The van der Waals surface area contributed by atoms with E-state index in [1.807, 2.05) is 0 Å². The van der Waals surface area contributed by atoms with Crippen LogP contribution in [0.3, 0.4) is 0 Å². The molecule has 8 heteroatoms. The van der Waals surface area contributed by atoms with E-state index in [1.165, 1.54) is 9.70 Å². The van der Waals surface area contributed by atoms with Gasteiger partial charge in [0.25, 0.3) is 5.91 Å². The SMILES string of the molecule is Cc1nn(-c2cccc(Cl)c2)nc1C(=O)OCC(=O)N(C)C. The standard InChI is InChI=1S/C14H15ClN4O3/c1-9-13(14(21)22-8-12(20)18(2)3)17-19(16-9)11-6-4-5-10(15)7-11/h4-7H,8H2,1-3H3. The van der Waals surface area contributed by atoms with Crippen LogP contribution in [-0.2, 0) is 9.53 Å². The lowest BCUT2D eigenvalue weighted by Gasteiger charge is -2.09. The van der Waals surface area contributed by atoms with Gasteiger partial charge in [-0.2, -0.15) is 9.90 Å². The highest BCUT2D eigenvalue weighted by atomic mass is 35.5. The Bertz CT molecular complexity index is 712. The Labute approximate surface area is 132 Å². The number of ether oxygens (including phenoxy) is 1. The number of aromatic nitrogens is 3.